The second-order valence-corrected chi connectivity index (χ2v) is 4.37. The van der Waals surface area contributed by atoms with Crippen molar-refractivity contribution in [3.05, 3.63) is 29.7 Å². The van der Waals surface area contributed by atoms with Gasteiger partial charge in [0.2, 0.25) is 0 Å². The predicted octanol–water partition coefficient (Wildman–Crippen LogP) is 1.39. The molecule has 0 atom stereocenters. The summed E-state index contributed by atoms with van der Waals surface area (Å²) in [6.45, 7) is 1.93. The van der Waals surface area contributed by atoms with Crippen LogP contribution in [0.5, 0.6) is 0 Å². The standard InChI is InChI=1S/C10H13N5S/c1-7-13-14-10(15(7)2)16-6-8-4-3-5-9(11)12-8/h3-5H,6H2,1-2H3,(H2,11,12). The molecule has 0 spiro atoms. The Morgan fingerprint density at radius 3 is 2.81 bits per heavy atom. The van der Waals surface area contributed by atoms with Crippen molar-refractivity contribution in [2.75, 3.05) is 5.73 Å². The van der Waals surface area contributed by atoms with Crippen LogP contribution in [0, 0.1) is 6.92 Å². The molecule has 0 radical (unpaired) electrons. The highest BCUT2D eigenvalue weighted by atomic mass is 32.2. The van der Waals surface area contributed by atoms with Crippen LogP contribution in [0.15, 0.2) is 23.4 Å². The van der Waals surface area contributed by atoms with Crippen molar-refractivity contribution < 1.29 is 0 Å². The molecule has 0 amide bonds. The average Bonchev–Trinajstić information content (AvgIpc) is 2.57. The minimum atomic E-state index is 0.548. The first-order valence-electron chi connectivity index (χ1n) is 4.87. The van der Waals surface area contributed by atoms with E-state index in [-0.39, 0.29) is 0 Å². The molecule has 2 heterocycles. The summed E-state index contributed by atoms with van der Waals surface area (Å²) in [6, 6.07) is 5.63. The first-order valence-corrected chi connectivity index (χ1v) is 5.85. The van der Waals surface area contributed by atoms with E-state index in [9.17, 15) is 0 Å². The lowest BCUT2D eigenvalue weighted by atomic mass is 10.4. The maximum Gasteiger partial charge on any atom is 0.191 e. The van der Waals surface area contributed by atoms with Crippen molar-refractivity contribution in [1.29, 1.82) is 0 Å². The SMILES string of the molecule is Cc1nnc(SCc2cccc(N)n2)n1C. The molecule has 2 aromatic rings. The van der Waals surface area contributed by atoms with Crippen molar-refractivity contribution in [2.24, 2.45) is 7.05 Å². The molecule has 0 aliphatic heterocycles. The Kier molecular flexibility index (Phi) is 3.09. The molecular weight excluding hydrogens is 222 g/mol. The Bertz CT molecular complexity index is 494. The summed E-state index contributed by atoms with van der Waals surface area (Å²) in [5.74, 6) is 2.20. The summed E-state index contributed by atoms with van der Waals surface area (Å²) in [5, 5.41) is 8.95. The molecule has 0 fully saturated rings. The number of nitrogens with zero attached hydrogens (tertiary/aromatic N) is 4. The summed E-state index contributed by atoms with van der Waals surface area (Å²) < 4.78 is 1.96. The third-order valence-electron chi connectivity index (χ3n) is 2.23. The molecular formula is C10H13N5S. The Balaban J connectivity index is 2.05. The summed E-state index contributed by atoms with van der Waals surface area (Å²) in [7, 11) is 1.95. The van der Waals surface area contributed by atoms with Crippen molar-refractivity contribution >= 4 is 17.6 Å². The lowest BCUT2D eigenvalue weighted by Gasteiger charge is -2.01. The fourth-order valence-electron chi connectivity index (χ4n) is 1.23. The number of rotatable bonds is 3. The van der Waals surface area contributed by atoms with E-state index in [4.69, 9.17) is 5.73 Å². The molecule has 0 saturated heterocycles. The molecule has 0 bridgehead atoms. The van der Waals surface area contributed by atoms with Crippen LogP contribution in [-0.2, 0) is 12.8 Å². The molecule has 2 aromatic heterocycles. The van der Waals surface area contributed by atoms with Crippen molar-refractivity contribution in [2.45, 2.75) is 17.8 Å². The zero-order valence-corrected chi connectivity index (χ0v) is 10.0. The van der Waals surface area contributed by atoms with Gasteiger partial charge in [0.15, 0.2) is 5.16 Å². The number of hydrogen-bond acceptors (Lipinski definition) is 5. The largest absolute Gasteiger partial charge is 0.384 e. The van der Waals surface area contributed by atoms with Crippen LogP contribution in [0.3, 0.4) is 0 Å². The van der Waals surface area contributed by atoms with Crippen LogP contribution >= 0.6 is 11.8 Å². The molecule has 84 valence electrons. The van der Waals surface area contributed by atoms with Crippen LogP contribution in [0.1, 0.15) is 11.5 Å². The minimum absolute atomic E-state index is 0.548. The lowest BCUT2D eigenvalue weighted by molar-refractivity contribution is 0.765. The maximum atomic E-state index is 5.61. The monoisotopic (exact) mass is 235 g/mol. The van der Waals surface area contributed by atoms with E-state index in [1.54, 1.807) is 17.8 Å². The number of anilines is 1. The average molecular weight is 235 g/mol. The minimum Gasteiger partial charge on any atom is -0.384 e. The Morgan fingerprint density at radius 1 is 1.38 bits per heavy atom. The highest BCUT2D eigenvalue weighted by Crippen LogP contribution is 2.20. The topological polar surface area (TPSA) is 69.6 Å². The van der Waals surface area contributed by atoms with E-state index >= 15 is 0 Å². The quantitative estimate of drug-likeness (QED) is 0.814. The highest BCUT2D eigenvalue weighted by molar-refractivity contribution is 7.98. The third-order valence-corrected chi connectivity index (χ3v) is 3.28. The van der Waals surface area contributed by atoms with E-state index < -0.39 is 0 Å². The normalized spacial score (nSPS) is 10.6. The molecule has 0 aromatic carbocycles. The zero-order chi connectivity index (χ0) is 11.5. The number of thioether (sulfide) groups is 1. The number of aromatic nitrogens is 4. The first-order chi connectivity index (χ1) is 7.66. The number of hydrogen-bond donors (Lipinski definition) is 1. The van der Waals surface area contributed by atoms with Crippen molar-refractivity contribution in [3.63, 3.8) is 0 Å². The van der Waals surface area contributed by atoms with Crippen LogP contribution in [-0.4, -0.2) is 19.7 Å². The Labute approximate surface area is 98.1 Å². The van der Waals surface area contributed by atoms with E-state index in [1.165, 1.54) is 0 Å². The van der Waals surface area contributed by atoms with Gasteiger partial charge in [0.1, 0.15) is 11.6 Å². The Hall–Kier alpha value is -1.56. The molecule has 2 N–H and O–H groups in total. The summed E-state index contributed by atoms with van der Waals surface area (Å²) in [5.41, 5.74) is 6.56. The molecule has 5 nitrogen and oxygen atoms in total. The van der Waals surface area contributed by atoms with E-state index in [0.717, 1.165) is 22.4 Å². The van der Waals surface area contributed by atoms with Crippen LogP contribution in [0.4, 0.5) is 5.82 Å². The highest BCUT2D eigenvalue weighted by Gasteiger charge is 2.06. The van der Waals surface area contributed by atoms with Gasteiger partial charge >= 0.3 is 0 Å². The van der Waals surface area contributed by atoms with Gasteiger partial charge in [-0.15, -0.1) is 10.2 Å². The van der Waals surface area contributed by atoms with Gasteiger partial charge in [-0.2, -0.15) is 0 Å². The molecule has 0 unspecified atom stereocenters. The van der Waals surface area contributed by atoms with Crippen molar-refractivity contribution in [1.82, 2.24) is 19.7 Å². The van der Waals surface area contributed by atoms with E-state index in [2.05, 4.69) is 15.2 Å². The van der Waals surface area contributed by atoms with Gasteiger partial charge in [0, 0.05) is 12.8 Å². The van der Waals surface area contributed by atoms with Gasteiger partial charge < -0.3 is 10.3 Å². The predicted molar refractivity (Wildman–Crippen MR) is 64.0 cm³/mol. The molecule has 6 heteroatoms. The van der Waals surface area contributed by atoms with Gasteiger partial charge in [-0.1, -0.05) is 17.8 Å². The van der Waals surface area contributed by atoms with Gasteiger partial charge in [-0.05, 0) is 19.1 Å². The van der Waals surface area contributed by atoms with Crippen LogP contribution in [0.2, 0.25) is 0 Å². The maximum absolute atomic E-state index is 5.61. The smallest absolute Gasteiger partial charge is 0.191 e. The number of aryl methyl sites for hydroxylation is 1. The molecule has 0 saturated carbocycles. The first kappa shape index (κ1) is 10.9. The lowest BCUT2D eigenvalue weighted by Crippen LogP contribution is -1.96. The van der Waals surface area contributed by atoms with Gasteiger partial charge in [-0.3, -0.25) is 0 Å². The fourth-order valence-corrected chi connectivity index (χ4v) is 2.09. The van der Waals surface area contributed by atoms with Crippen molar-refractivity contribution in [3.8, 4) is 0 Å². The van der Waals surface area contributed by atoms with E-state index in [1.807, 2.05) is 30.7 Å². The second kappa shape index (κ2) is 4.52. The summed E-state index contributed by atoms with van der Waals surface area (Å²) in [4.78, 5) is 4.22. The molecule has 16 heavy (non-hydrogen) atoms. The van der Waals surface area contributed by atoms with Gasteiger partial charge in [-0.25, -0.2) is 4.98 Å². The number of nitrogen functional groups attached to an aromatic ring is 1. The Morgan fingerprint density at radius 2 is 2.19 bits per heavy atom. The fraction of sp³-hybridized carbons (Fsp3) is 0.300. The van der Waals surface area contributed by atoms with Crippen LogP contribution in [0.25, 0.3) is 0 Å². The van der Waals surface area contributed by atoms with Crippen LogP contribution < -0.4 is 5.73 Å². The molecule has 2 rings (SSSR count). The zero-order valence-electron chi connectivity index (χ0n) is 9.21. The number of pyridine rings is 1. The molecule has 0 aliphatic rings. The summed E-state index contributed by atoms with van der Waals surface area (Å²) >= 11 is 1.60. The number of nitrogens with two attached hydrogens (primary N) is 1. The second-order valence-electron chi connectivity index (χ2n) is 3.43. The summed E-state index contributed by atoms with van der Waals surface area (Å²) in [6.07, 6.45) is 0. The van der Waals surface area contributed by atoms with Gasteiger partial charge in [0.05, 0.1) is 5.69 Å². The molecule has 0 aliphatic carbocycles. The van der Waals surface area contributed by atoms with Gasteiger partial charge in [0.25, 0.3) is 0 Å². The third kappa shape index (κ3) is 2.33. The van der Waals surface area contributed by atoms with E-state index in [0.29, 0.717) is 5.82 Å².